The van der Waals surface area contributed by atoms with Crippen molar-refractivity contribution in [2.75, 3.05) is 12.4 Å². The molecule has 0 radical (unpaired) electrons. The number of anilines is 1. The predicted octanol–water partition coefficient (Wildman–Crippen LogP) is 4.14. The molecule has 0 aliphatic carbocycles. The quantitative estimate of drug-likeness (QED) is 0.859. The van der Waals surface area contributed by atoms with Crippen LogP contribution in [0.2, 0.25) is 0 Å². The molecule has 0 bridgehead atoms. The number of nitrogens with one attached hydrogen (secondary N) is 1. The van der Waals surface area contributed by atoms with Gasteiger partial charge in [0.15, 0.2) is 11.5 Å². The largest absolute Gasteiger partial charge is 0.504 e. The van der Waals surface area contributed by atoms with Crippen molar-refractivity contribution in [2.45, 2.75) is 26.3 Å². The maximum Gasteiger partial charge on any atom is 0.160 e. The molecule has 2 N–H and O–H groups in total. The number of phenolic OH excluding ortho intramolecular Hbond substituents is 1. The predicted molar refractivity (Wildman–Crippen MR) is 82.5 cm³/mol. The van der Waals surface area contributed by atoms with Crippen molar-refractivity contribution >= 4 is 5.69 Å². The van der Waals surface area contributed by atoms with Gasteiger partial charge in [-0.3, -0.25) is 0 Å². The van der Waals surface area contributed by atoms with Crippen molar-refractivity contribution in [1.82, 2.24) is 0 Å². The summed E-state index contributed by atoms with van der Waals surface area (Å²) in [5.41, 5.74) is 3.48. The van der Waals surface area contributed by atoms with E-state index in [1.54, 1.807) is 13.2 Å². The Morgan fingerprint density at radius 1 is 1.15 bits per heavy atom. The van der Waals surface area contributed by atoms with Crippen LogP contribution in [0.3, 0.4) is 0 Å². The van der Waals surface area contributed by atoms with E-state index in [9.17, 15) is 5.11 Å². The molecule has 3 heteroatoms. The average Bonchev–Trinajstić information content (AvgIpc) is 2.46. The van der Waals surface area contributed by atoms with Gasteiger partial charge in [0, 0.05) is 12.2 Å². The Balaban J connectivity index is 2.07. The highest BCUT2D eigenvalue weighted by Gasteiger charge is 2.03. The molecule has 0 saturated heterocycles. The summed E-state index contributed by atoms with van der Waals surface area (Å²) in [5.74, 6) is 1.18. The fourth-order valence-electron chi connectivity index (χ4n) is 2.04. The molecule has 0 aromatic heterocycles. The van der Waals surface area contributed by atoms with Crippen LogP contribution in [-0.4, -0.2) is 12.2 Å². The third-order valence-corrected chi connectivity index (χ3v) is 3.29. The molecule has 0 amide bonds. The van der Waals surface area contributed by atoms with Crippen molar-refractivity contribution in [1.29, 1.82) is 0 Å². The molecular formula is C17H21NO2. The van der Waals surface area contributed by atoms with Gasteiger partial charge < -0.3 is 15.2 Å². The summed E-state index contributed by atoms with van der Waals surface area (Å²) in [5, 5.41) is 13.0. The van der Waals surface area contributed by atoms with Crippen molar-refractivity contribution in [2.24, 2.45) is 0 Å². The first-order chi connectivity index (χ1) is 9.60. The summed E-state index contributed by atoms with van der Waals surface area (Å²) in [7, 11) is 1.55. The average molecular weight is 271 g/mol. The van der Waals surface area contributed by atoms with Gasteiger partial charge in [0.2, 0.25) is 0 Å². The van der Waals surface area contributed by atoms with E-state index in [1.807, 2.05) is 12.1 Å². The van der Waals surface area contributed by atoms with Crippen molar-refractivity contribution in [3.8, 4) is 11.5 Å². The molecule has 0 aliphatic rings. The SMILES string of the molecule is COc1cc(CNc2cccc(C(C)C)c2)ccc1O. The van der Waals surface area contributed by atoms with Gasteiger partial charge in [-0.2, -0.15) is 0 Å². The molecule has 2 aromatic carbocycles. The third kappa shape index (κ3) is 3.44. The Labute approximate surface area is 120 Å². The maximum absolute atomic E-state index is 9.57. The Morgan fingerprint density at radius 2 is 1.95 bits per heavy atom. The minimum absolute atomic E-state index is 0.165. The van der Waals surface area contributed by atoms with Gasteiger partial charge in [-0.15, -0.1) is 0 Å². The molecule has 0 fully saturated rings. The zero-order valence-corrected chi connectivity index (χ0v) is 12.2. The monoisotopic (exact) mass is 271 g/mol. The zero-order valence-electron chi connectivity index (χ0n) is 12.2. The van der Waals surface area contributed by atoms with E-state index >= 15 is 0 Å². The van der Waals surface area contributed by atoms with E-state index in [1.165, 1.54) is 5.56 Å². The second-order valence-electron chi connectivity index (χ2n) is 5.14. The molecular weight excluding hydrogens is 250 g/mol. The number of aromatic hydroxyl groups is 1. The second-order valence-corrected chi connectivity index (χ2v) is 5.14. The number of hydrogen-bond donors (Lipinski definition) is 2. The Morgan fingerprint density at radius 3 is 2.65 bits per heavy atom. The van der Waals surface area contributed by atoms with Crippen molar-refractivity contribution < 1.29 is 9.84 Å². The molecule has 3 nitrogen and oxygen atoms in total. The van der Waals surface area contributed by atoms with Crippen LogP contribution < -0.4 is 10.1 Å². The molecule has 0 unspecified atom stereocenters. The molecule has 106 valence electrons. The van der Waals surface area contributed by atoms with E-state index in [4.69, 9.17) is 4.74 Å². The molecule has 0 heterocycles. The van der Waals surface area contributed by atoms with Crippen LogP contribution in [0, 0.1) is 0 Å². The number of benzene rings is 2. The normalized spacial score (nSPS) is 10.6. The lowest BCUT2D eigenvalue weighted by Crippen LogP contribution is -2.00. The zero-order chi connectivity index (χ0) is 14.5. The summed E-state index contributed by atoms with van der Waals surface area (Å²) >= 11 is 0. The van der Waals surface area contributed by atoms with Gasteiger partial charge in [-0.05, 0) is 41.3 Å². The number of phenols is 1. The Hall–Kier alpha value is -2.16. The van der Waals surface area contributed by atoms with Gasteiger partial charge in [-0.25, -0.2) is 0 Å². The summed E-state index contributed by atoms with van der Waals surface area (Å²) in [6.07, 6.45) is 0. The van der Waals surface area contributed by atoms with Crippen LogP contribution in [-0.2, 0) is 6.54 Å². The van der Waals surface area contributed by atoms with Crippen molar-refractivity contribution in [3.63, 3.8) is 0 Å². The first-order valence-electron chi connectivity index (χ1n) is 6.80. The first kappa shape index (κ1) is 14.3. The van der Waals surface area contributed by atoms with E-state index in [0.29, 0.717) is 18.2 Å². The first-order valence-corrected chi connectivity index (χ1v) is 6.80. The van der Waals surface area contributed by atoms with Crippen LogP contribution in [0.25, 0.3) is 0 Å². The molecule has 0 saturated carbocycles. The third-order valence-electron chi connectivity index (χ3n) is 3.29. The summed E-state index contributed by atoms with van der Waals surface area (Å²) < 4.78 is 5.11. The smallest absolute Gasteiger partial charge is 0.160 e. The van der Waals surface area contributed by atoms with Gasteiger partial charge in [0.25, 0.3) is 0 Å². The van der Waals surface area contributed by atoms with Gasteiger partial charge in [-0.1, -0.05) is 32.0 Å². The molecule has 2 aromatic rings. The lowest BCUT2D eigenvalue weighted by Gasteiger charge is -2.11. The highest BCUT2D eigenvalue weighted by Crippen LogP contribution is 2.26. The highest BCUT2D eigenvalue weighted by atomic mass is 16.5. The fraction of sp³-hybridized carbons (Fsp3) is 0.294. The Bertz CT molecular complexity index is 579. The Kier molecular flexibility index (Phi) is 4.51. The van der Waals surface area contributed by atoms with Crippen molar-refractivity contribution in [3.05, 3.63) is 53.6 Å². The maximum atomic E-state index is 9.57. The van der Waals surface area contributed by atoms with Crippen LogP contribution in [0.4, 0.5) is 5.69 Å². The molecule has 0 aliphatic heterocycles. The van der Waals surface area contributed by atoms with E-state index in [2.05, 4.69) is 43.4 Å². The van der Waals surface area contributed by atoms with E-state index in [-0.39, 0.29) is 5.75 Å². The molecule has 2 rings (SSSR count). The molecule has 0 atom stereocenters. The topological polar surface area (TPSA) is 41.5 Å². The fourth-order valence-corrected chi connectivity index (χ4v) is 2.04. The van der Waals surface area contributed by atoms with E-state index < -0.39 is 0 Å². The summed E-state index contributed by atoms with van der Waals surface area (Å²) in [6, 6.07) is 13.8. The second kappa shape index (κ2) is 6.33. The summed E-state index contributed by atoms with van der Waals surface area (Å²) in [4.78, 5) is 0. The van der Waals surface area contributed by atoms with Crippen LogP contribution in [0.1, 0.15) is 30.9 Å². The minimum Gasteiger partial charge on any atom is -0.504 e. The standard InChI is InChI=1S/C17H21NO2/c1-12(2)14-5-4-6-15(10-14)18-11-13-7-8-16(19)17(9-13)20-3/h4-10,12,18-19H,11H2,1-3H3. The highest BCUT2D eigenvalue weighted by molar-refractivity contribution is 5.48. The van der Waals surface area contributed by atoms with Crippen LogP contribution in [0.5, 0.6) is 11.5 Å². The minimum atomic E-state index is 0.165. The van der Waals surface area contributed by atoms with Crippen LogP contribution >= 0.6 is 0 Å². The molecule has 20 heavy (non-hydrogen) atoms. The number of ether oxygens (including phenoxy) is 1. The lowest BCUT2D eigenvalue weighted by atomic mass is 10.0. The number of rotatable bonds is 5. The number of methoxy groups -OCH3 is 1. The van der Waals surface area contributed by atoms with Gasteiger partial charge in [0.05, 0.1) is 7.11 Å². The van der Waals surface area contributed by atoms with Crippen LogP contribution in [0.15, 0.2) is 42.5 Å². The summed E-state index contributed by atoms with van der Waals surface area (Å²) in [6.45, 7) is 5.06. The van der Waals surface area contributed by atoms with Gasteiger partial charge >= 0.3 is 0 Å². The van der Waals surface area contributed by atoms with E-state index in [0.717, 1.165) is 11.3 Å². The van der Waals surface area contributed by atoms with Gasteiger partial charge in [0.1, 0.15) is 0 Å². The molecule has 0 spiro atoms. The number of hydrogen-bond acceptors (Lipinski definition) is 3. The lowest BCUT2D eigenvalue weighted by molar-refractivity contribution is 0.373.